The number of ether oxygens (including phenoxy) is 6. The number of amides is 5. The maximum atomic E-state index is 13.2. The molecule has 1 saturated heterocycles. The SMILES string of the molecule is COc1c(C(=O)NCC(=O)NCC2CCCCC2)ccc2n[nH]c(/C=C/c3ccc(F)cc3)c12.COc1c(C(=O)NCC(=O)O)ccc2n[nH]c(/C=C/c3ccc(F)cc3)c12.COc1c(C(=O)NCC(=O)OC(C)(C)C)ccc2n[nH]c(/C=C/c3ccc(F)cc3)c12.COc1c(C(=O)NCc2ccc(CN3CCOCC3)o2)ccc2n[nH]c(/C=C/c3ccc(F)cc3)c12. The van der Waals surface area contributed by atoms with Crippen molar-refractivity contribution in [1.29, 1.82) is 0 Å². The Morgan fingerprint density at radius 2 is 0.766 bits per heavy atom. The first-order chi connectivity index (χ1) is 61.8. The van der Waals surface area contributed by atoms with Gasteiger partial charge in [-0.3, -0.25) is 58.9 Å². The fourth-order valence-electron chi connectivity index (χ4n) is 14.2. The Balaban J connectivity index is 0.000000156. The summed E-state index contributed by atoms with van der Waals surface area (Å²) in [4.78, 5) is 88.0. The molecule has 33 heteroatoms. The number of nitrogens with zero attached hydrogens (tertiary/aromatic N) is 5. The summed E-state index contributed by atoms with van der Waals surface area (Å²) < 4.78 is 91.1. The first-order valence-corrected chi connectivity index (χ1v) is 41.0. The predicted octanol–water partition coefficient (Wildman–Crippen LogP) is 15.2. The van der Waals surface area contributed by atoms with Gasteiger partial charge in [0.25, 0.3) is 23.6 Å². The minimum atomic E-state index is -1.14. The van der Waals surface area contributed by atoms with Crippen molar-refractivity contribution in [3.63, 3.8) is 0 Å². The second-order valence-electron chi connectivity index (χ2n) is 30.5. The van der Waals surface area contributed by atoms with Crippen molar-refractivity contribution in [3.05, 3.63) is 260 Å². The standard InChI is InChI=1S/C27H27FN4O4.C26H29FN4O3.C23H24FN3O4.C19H16FN3O4/c1-34-26-22(27(33)29-16-20-7-8-21(36-20)17-32-12-14-35-15-13-32)9-11-24-25(26)23(30-31-24)10-4-18-2-5-19(28)6-3-18;1-34-25-20(26(33)29-16-23(32)28-15-18-5-3-2-4-6-18)12-14-22-24(25)21(30-31-22)13-9-17-7-10-19(27)11-8-17;1-23(2,3)31-19(28)13-25-22(29)16-10-12-18-20(21(16)30-4)17(26-27-18)11-7-14-5-8-15(24)9-6-14;1-27-18-13(19(26)21-10-16(24)25)7-9-15-17(18)14(22-23-15)8-4-11-2-5-12(20)6-3-11/h2-11H,12-17H2,1H3,(H,29,33)(H,30,31);7-14,18H,2-6,15-16H2,1H3,(H,28,32)(H,29,33)(H,30,31);5-12H,13H2,1-4H3,(H,25,29)(H,26,27);2-9H,10H2,1H3,(H,21,26)(H,22,23)(H,24,25)/b10-4+;13-9+;11-7+;8-4+. The van der Waals surface area contributed by atoms with Crippen molar-refractivity contribution in [3.8, 4) is 23.0 Å². The van der Waals surface area contributed by atoms with Crippen LogP contribution in [0.2, 0.25) is 0 Å². The van der Waals surface area contributed by atoms with E-state index in [4.69, 9.17) is 37.9 Å². The minimum absolute atomic E-state index is 0.102. The van der Waals surface area contributed by atoms with E-state index in [0.717, 1.165) is 73.7 Å². The van der Waals surface area contributed by atoms with Crippen molar-refractivity contribution in [2.45, 2.75) is 71.6 Å². The van der Waals surface area contributed by atoms with E-state index in [1.165, 1.54) is 102 Å². The number of rotatable bonds is 28. The zero-order valence-electron chi connectivity index (χ0n) is 71.2. The summed E-state index contributed by atoms with van der Waals surface area (Å²) in [6, 6.07) is 41.4. The number of nitrogens with one attached hydrogen (secondary N) is 9. The third-order valence-electron chi connectivity index (χ3n) is 20.4. The molecule has 13 aromatic rings. The van der Waals surface area contributed by atoms with Crippen molar-refractivity contribution >= 4 is 134 Å². The number of carboxylic acid groups (broad SMARTS) is 1. The fourth-order valence-corrected chi connectivity index (χ4v) is 14.2. The lowest BCUT2D eigenvalue weighted by Crippen LogP contribution is -2.39. The lowest BCUT2D eigenvalue weighted by molar-refractivity contribution is -0.153. The molecular weight excluding hydrogens is 1650 g/mol. The Morgan fingerprint density at radius 3 is 1.11 bits per heavy atom. The van der Waals surface area contributed by atoms with Gasteiger partial charge < -0.3 is 64.5 Å². The quantitative estimate of drug-likeness (QED) is 0.0161. The highest BCUT2D eigenvalue weighted by molar-refractivity contribution is 6.10. The Kier molecular flexibility index (Phi) is 31.7. The van der Waals surface area contributed by atoms with Crippen LogP contribution in [0.1, 0.15) is 151 Å². The molecule has 128 heavy (non-hydrogen) atoms. The number of aromatic nitrogens is 8. The van der Waals surface area contributed by atoms with E-state index in [0.29, 0.717) is 113 Å². The third kappa shape index (κ3) is 25.0. The molecule has 10 N–H and O–H groups in total. The average Bonchev–Trinajstić information content (AvgIpc) is 1.63. The smallest absolute Gasteiger partial charge is 0.325 e. The van der Waals surface area contributed by atoms with Crippen LogP contribution >= 0.6 is 0 Å². The number of benzene rings is 8. The normalized spacial score (nSPS) is 13.1. The first-order valence-electron chi connectivity index (χ1n) is 41.0. The van der Waals surface area contributed by atoms with Crippen LogP contribution in [0, 0.1) is 29.2 Å². The Hall–Kier alpha value is -15.0. The van der Waals surface area contributed by atoms with Gasteiger partial charge in [-0.25, -0.2) is 17.6 Å². The topological polar surface area (TPSA) is 386 Å². The van der Waals surface area contributed by atoms with Crippen molar-refractivity contribution < 1.29 is 89.1 Å². The van der Waals surface area contributed by atoms with Gasteiger partial charge in [-0.1, -0.05) is 92.1 Å². The zero-order chi connectivity index (χ0) is 90.8. The van der Waals surface area contributed by atoms with Crippen LogP contribution in [0.3, 0.4) is 0 Å². The number of methoxy groups -OCH3 is 4. The highest BCUT2D eigenvalue weighted by Gasteiger charge is 2.27. The number of carboxylic acids is 1. The van der Waals surface area contributed by atoms with Gasteiger partial charge in [0.1, 0.15) is 76.5 Å². The molecule has 1 saturated carbocycles. The highest BCUT2D eigenvalue weighted by atomic mass is 19.1. The van der Waals surface area contributed by atoms with Gasteiger partial charge in [0.05, 0.1) is 150 Å². The van der Waals surface area contributed by atoms with Gasteiger partial charge in [0.2, 0.25) is 5.91 Å². The van der Waals surface area contributed by atoms with Gasteiger partial charge in [0.15, 0.2) is 0 Å². The molecular formula is C95H96F4N14O15. The van der Waals surface area contributed by atoms with E-state index >= 15 is 0 Å². The molecule has 8 aromatic carbocycles. The summed E-state index contributed by atoms with van der Waals surface area (Å²) in [6.07, 6.45) is 20.3. The van der Waals surface area contributed by atoms with Crippen LogP contribution < -0.4 is 45.5 Å². The summed E-state index contributed by atoms with van der Waals surface area (Å²) in [5.41, 5.74) is 8.81. The second kappa shape index (κ2) is 44.1. The monoisotopic (exact) mass is 1750 g/mol. The van der Waals surface area contributed by atoms with E-state index in [1.54, 1.807) is 142 Å². The van der Waals surface area contributed by atoms with Crippen LogP contribution in [0.5, 0.6) is 23.0 Å². The zero-order valence-corrected chi connectivity index (χ0v) is 71.2. The lowest BCUT2D eigenvalue weighted by Gasteiger charge is -2.25. The molecule has 664 valence electrons. The Bertz CT molecular complexity index is 6200. The maximum absolute atomic E-state index is 13.2. The van der Waals surface area contributed by atoms with Gasteiger partial charge in [0, 0.05) is 19.6 Å². The molecule has 2 aliphatic rings. The van der Waals surface area contributed by atoms with Crippen LogP contribution in [0.4, 0.5) is 17.6 Å². The number of aliphatic carboxylic acids is 1. The summed E-state index contributed by atoms with van der Waals surface area (Å²) in [6.45, 7) is 9.25. The number of hydrogen-bond acceptors (Lipinski definition) is 19. The number of carbonyl (C=O) groups is 7. The number of esters is 1. The molecule has 2 fully saturated rings. The number of carbonyl (C=O) groups excluding carboxylic acids is 6. The molecule has 0 spiro atoms. The predicted molar refractivity (Wildman–Crippen MR) is 478 cm³/mol. The van der Waals surface area contributed by atoms with Crippen molar-refractivity contribution in [1.82, 2.24) is 72.3 Å². The number of morpholine rings is 1. The number of fused-ring (bicyclic) bond motifs is 4. The minimum Gasteiger partial charge on any atom is -0.495 e. The van der Waals surface area contributed by atoms with E-state index < -0.39 is 41.8 Å². The first kappa shape index (κ1) is 92.2. The molecule has 0 atom stereocenters. The lowest BCUT2D eigenvalue weighted by atomic mass is 9.89. The highest BCUT2D eigenvalue weighted by Crippen LogP contribution is 2.37. The summed E-state index contributed by atoms with van der Waals surface area (Å²) in [5.74, 6) is -1.38. The average molecular weight is 1750 g/mol. The van der Waals surface area contributed by atoms with E-state index in [9.17, 15) is 51.1 Å². The number of hydrogen-bond donors (Lipinski definition) is 10. The third-order valence-corrected chi connectivity index (χ3v) is 20.4. The largest absolute Gasteiger partial charge is 0.495 e. The number of halogens is 4. The molecule has 6 heterocycles. The second-order valence-corrected chi connectivity index (χ2v) is 30.5. The van der Waals surface area contributed by atoms with Crippen LogP contribution in [-0.4, -0.2) is 179 Å². The van der Waals surface area contributed by atoms with Gasteiger partial charge in [-0.2, -0.15) is 20.4 Å². The maximum Gasteiger partial charge on any atom is 0.325 e. The van der Waals surface area contributed by atoms with E-state index in [2.05, 4.69) is 72.3 Å². The van der Waals surface area contributed by atoms with Crippen molar-refractivity contribution in [2.75, 3.05) is 80.9 Å². The van der Waals surface area contributed by atoms with Gasteiger partial charge >= 0.3 is 11.9 Å². The van der Waals surface area contributed by atoms with E-state index in [-0.39, 0.29) is 71.6 Å². The summed E-state index contributed by atoms with van der Waals surface area (Å²) in [7, 11) is 5.89. The van der Waals surface area contributed by atoms with Crippen molar-refractivity contribution in [2.24, 2.45) is 5.92 Å². The number of aromatic amines is 4. The Morgan fingerprint density at radius 1 is 0.430 bits per heavy atom. The van der Waals surface area contributed by atoms with Gasteiger partial charge in [-0.15, -0.1) is 0 Å². The molecule has 0 radical (unpaired) electrons. The fraction of sp³-hybridized carbons (Fsp3) is 0.253. The van der Waals surface area contributed by atoms with Crippen LogP contribution in [0.25, 0.3) is 92.2 Å². The van der Waals surface area contributed by atoms with Crippen LogP contribution in [-0.2, 0) is 36.9 Å². The van der Waals surface area contributed by atoms with E-state index in [1.807, 2.05) is 30.4 Å². The molecule has 5 aromatic heterocycles. The summed E-state index contributed by atoms with van der Waals surface area (Å²) in [5, 5.41) is 53.4. The Labute approximate surface area is 732 Å². The van der Waals surface area contributed by atoms with Gasteiger partial charge in [-0.05, 0) is 195 Å². The number of H-pyrrole nitrogens is 4. The summed E-state index contributed by atoms with van der Waals surface area (Å²) >= 11 is 0. The number of furan rings is 1. The molecule has 1 aliphatic heterocycles. The molecule has 0 unspecified atom stereocenters. The van der Waals surface area contributed by atoms with Crippen LogP contribution in [0.15, 0.2) is 162 Å². The molecule has 29 nitrogen and oxygen atoms in total. The molecule has 5 amide bonds. The molecule has 15 rings (SSSR count). The molecule has 0 bridgehead atoms. The molecule has 1 aliphatic carbocycles.